The van der Waals surface area contributed by atoms with Gasteiger partial charge in [0.25, 0.3) is 10.1 Å². The molecule has 0 aromatic heterocycles. The Hall–Kier alpha value is 0.610. The van der Waals surface area contributed by atoms with Gasteiger partial charge in [0.15, 0.2) is 0 Å². The summed E-state index contributed by atoms with van der Waals surface area (Å²) in [6.07, 6.45) is 1.67. The van der Waals surface area contributed by atoms with Crippen LogP contribution in [0.1, 0.15) is 0 Å². The quantitative estimate of drug-likeness (QED) is 0.375. The summed E-state index contributed by atoms with van der Waals surface area (Å²) >= 11 is 0. The molecule has 0 amide bonds. The Morgan fingerprint density at radius 1 is 1.58 bits per heavy atom. The number of rotatable bonds is 5. The van der Waals surface area contributed by atoms with Crippen LogP contribution in [0.5, 0.6) is 0 Å². The van der Waals surface area contributed by atoms with Crippen LogP contribution in [-0.2, 0) is 10.1 Å². The minimum atomic E-state index is -3.81. The van der Waals surface area contributed by atoms with Gasteiger partial charge < -0.3 is 4.90 Å². The zero-order valence-corrected chi connectivity index (χ0v) is 10.3. The maximum atomic E-state index is 10.2. The van der Waals surface area contributed by atoms with E-state index in [1.807, 2.05) is 0 Å². The second-order valence-corrected chi connectivity index (χ2v) is 3.91. The molecule has 0 atom stereocenters. The molecule has 12 heavy (non-hydrogen) atoms. The molecule has 0 unspecified atom stereocenters. The molecule has 0 aliphatic rings. The summed E-state index contributed by atoms with van der Waals surface area (Å²) in [7, 11) is -2.06. The van der Waals surface area contributed by atoms with Gasteiger partial charge >= 0.3 is 0 Å². The zero-order valence-electron chi connectivity index (χ0n) is 7.52. The SMILES string of the molecule is C=CCN(C)CCS(=O)(=O)O.[Na]. The van der Waals surface area contributed by atoms with E-state index < -0.39 is 10.1 Å². The Balaban J connectivity index is 0. The van der Waals surface area contributed by atoms with E-state index in [9.17, 15) is 8.42 Å². The van der Waals surface area contributed by atoms with Crippen LogP contribution in [-0.4, -0.2) is 73.3 Å². The van der Waals surface area contributed by atoms with Crippen molar-refractivity contribution in [1.29, 1.82) is 0 Å². The molecule has 0 aliphatic heterocycles. The molecule has 0 fully saturated rings. The van der Waals surface area contributed by atoms with Crippen molar-refractivity contribution in [3.63, 3.8) is 0 Å². The van der Waals surface area contributed by atoms with Crippen molar-refractivity contribution < 1.29 is 13.0 Å². The van der Waals surface area contributed by atoms with Gasteiger partial charge in [-0.1, -0.05) is 6.08 Å². The molecule has 4 nitrogen and oxygen atoms in total. The van der Waals surface area contributed by atoms with Crippen molar-refractivity contribution in [3.8, 4) is 0 Å². The smallest absolute Gasteiger partial charge is 0.266 e. The van der Waals surface area contributed by atoms with Gasteiger partial charge in [0.2, 0.25) is 0 Å². The van der Waals surface area contributed by atoms with E-state index in [1.54, 1.807) is 18.0 Å². The van der Waals surface area contributed by atoms with Crippen molar-refractivity contribution in [3.05, 3.63) is 12.7 Å². The molecule has 0 rings (SSSR count). The summed E-state index contributed by atoms with van der Waals surface area (Å²) in [5.74, 6) is -0.225. The van der Waals surface area contributed by atoms with E-state index in [-0.39, 0.29) is 35.3 Å². The molecule has 0 heterocycles. The van der Waals surface area contributed by atoms with Crippen LogP contribution in [0, 0.1) is 0 Å². The van der Waals surface area contributed by atoms with Gasteiger partial charge in [0.1, 0.15) is 0 Å². The summed E-state index contributed by atoms with van der Waals surface area (Å²) in [6, 6.07) is 0. The van der Waals surface area contributed by atoms with Gasteiger partial charge in [-0.15, -0.1) is 6.58 Å². The van der Waals surface area contributed by atoms with Gasteiger partial charge in [-0.05, 0) is 7.05 Å². The zero-order chi connectivity index (χ0) is 8.91. The summed E-state index contributed by atoms with van der Waals surface area (Å²) in [4.78, 5) is 1.75. The predicted octanol–water partition coefficient (Wildman–Crippen LogP) is -0.389. The average Bonchev–Trinajstić information content (AvgIpc) is 1.83. The Kier molecular flexibility index (Phi) is 8.88. The third-order valence-electron chi connectivity index (χ3n) is 1.17. The molecule has 0 saturated heterocycles. The maximum absolute atomic E-state index is 10.2. The Bertz CT molecular complexity index is 215. The molecule has 0 aliphatic carbocycles. The van der Waals surface area contributed by atoms with E-state index in [0.29, 0.717) is 13.1 Å². The van der Waals surface area contributed by atoms with Crippen LogP contribution in [0.25, 0.3) is 0 Å². The number of hydrogen-bond donors (Lipinski definition) is 1. The minimum absolute atomic E-state index is 0. The first-order valence-electron chi connectivity index (χ1n) is 3.20. The normalized spacial score (nSPS) is 10.9. The molecule has 1 N–H and O–H groups in total. The van der Waals surface area contributed by atoms with E-state index in [1.165, 1.54) is 0 Å². The van der Waals surface area contributed by atoms with Crippen LogP contribution < -0.4 is 0 Å². The van der Waals surface area contributed by atoms with Gasteiger partial charge in [0.05, 0.1) is 5.75 Å². The number of hydrogen-bond acceptors (Lipinski definition) is 3. The Labute approximate surface area is 95.7 Å². The van der Waals surface area contributed by atoms with Gasteiger partial charge in [-0.25, -0.2) is 0 Å². The van der Waals surface area contributed by atoms with Crippen LogP contribution in [0.2, 0.25) is 0 Å². The monoisotopic (exact) mass is 202 g/mol. The third kappa shape index (κ3) is 10.6. The van der Waals surface area contributed by atoms with Crippen LogP contribution in [0.15, 0.2) is 12.7 Å². The minimum Gasteiger partial charge on any atom is -0.302 e. The largest absolute Gasteiger partial charge is 0.302 e. The van der Waals surface area contributed by atoms with Gasteiger partial charge in [0, 0.05) is 42.6 Å². The van der Waals surface area contributed by atoms with Crippen LogP contribution in [0.3, 0.4) is 0 Å². The Morgan fingerprint density at radius 3 is 2.42 bits per heavy atom. The number of nitrogens with zero attached hydrogens (tertiary/aromatic N) is 1. The summed E-state index contributed by atoms with van der Waals surface area (Å²) in [6.45, 7) is 4.44. The average molecular weight is 202 g/mol. The molecule has 1 radical (unpaired) electrons. The first kappa shape index (κ1) is 15.1. The van der Waals surface area contributed by atoms with Crippen molar-refractivity contribution in [1.82, 2.24) is 4.90 Å². The van der Waals surface area contributed by atoms with E-state index in [4.69, 9.17) is 4.55 Å². The van der Waals surface area contributed by atoms with Crippen molar-refractivity contribution in [2.24, 2.45) is 0 Å². The van der Waals surface area contributed by atoms with Crippen molar-refractivity contribution in [2.45, 2.75) is 0 Å². The fourth-order valence-corrected chi connectivity index (χ4v) is 1.13. The van der Waals surface area contributed by atoms with E-state index in [0.717, 1.165) is 0 Å². The van der Waals surface area contributed by atoms with E-state index >= 15 is 0 Å². The molecule has 6 heteroatoms. The summed E-state index contributed by atoms with van der Waals surface area (Å²) in [5.41, 5.74) is 0. The topological polar surface area (TPSA) is 57.6 Å². The van der Waals surface area contributed by atoms with E-state index in [2.05, 4.69) is 6.58 Å². The molecule has 0 bridgehead atoms. The fraction of sp³-hybridized carbons (Fsp3) is 0.667. The summed E-state index contributed by atoms with van der Waals surface area (Å²) < 4.78 is 28.8. The second-order valence-electron chi connectivity index (χ2n) is 2.34. The second kappa shape index (κ2) is 7.06. The standard InChI is InChI=1S/C6H13NO3S.Na/c1-3-4-7(2)5-6-11(8,9)10;/h3H,1,4-6H2,2H3,(H,8,9,10);. The predicted molar refractivity (Wildman–Crippen MR) is 49.9 cm³/mol. The molecular formula is C6H13NNaO3S. The molecule has 0 aromatic carbocycles. The summed E-state index contributed by atoms with van der Waals surface area (Å²) in [5, 5.41) is 0. The molecule has 0 aromatic rings. The van der Waals surface area contributed by atoms with Crippen molar-refractivity contribution in [2.75, 3.05) is 25.9 Å². The van der Waals surface area contributed by atoms with Gasteiger partial charge in [-0.2, -0.15) is 8.42 Å². The maximum Gasteiger partial charge on any atom is 0.266 e. The number of likely N-dealkylation sites (N-methyl/N-ethyl adjacent to an activating group) is 1. The van der Waals surface area contributed by atoms with Gasteiger partial charge in [-0.3, -0.25) is 4.55 Å². The molecule has 67 valence electrons. The Morgan fingerprint density at radius 2 is 2.08 bits per heavy atom. The van der Waals surface area contributed by atoms with Crippen molar-refractivity contribution >= 4 is 39.7 Å². The van der Waals surface area contributed by atoms with Crippen LogP contribution >= 0.6 is 0 Å². The fourth-order valence-electron chi connectivity index (χ4n) is 0.583. The van der Waals surface area contributed by atoms with Crippen LogP contribution in [0.4, 0.5) is 0 Å². The molecular weight excluding hydrogens is 189 g/mol. The first-order chi connectivity index (χ1) is 4.95. The first-order valence-corrected chi connectivity index (χ1v) is 4.81. The molecule has 0 spiro atoms. The third-order valence-corrected chi connectivity index (χ3v) is 1.87. The molecule has 0 saturated carbocycles.